The van der Waals surface area contributed by atoms with E-state index in [0.29, 0.717) is 4.57 Å². The molecule has 1 unspecified atom stereocenters. The highest BCUT2D eigenvalue weighted by molar-refractivity contribution is 5.76. The topological polar surface area (TPSA) is 92.3 Å². The summed E-state index contributed by atoms with van der Waals surface area (Å²) in [4.78, 5) is 47.6. The van der Waals surface area contributed by atoms with Crippen LogP contribution in [-0.4, -0.2) is 26.8 Å². The highest BCUT2D eigenvalue weighted by Gasteiger charge is 2.24. The molecular weight excluding hydrogens is 266 g/mol. The van der Waals surface area contributed by atoms with E-state index in [0.717, 1.165) is 22.3 Å². The summed E-state index contributed by atoms with van der Waals surface area (Å²) in [6.45, 7) is 6.74. The quantitative estimate of drug-likeness (QED) is 0.499. The van der Waals surface area contributed by atoms with Crippen molar-refractivity contribution in [3.05, 3.63) is 56.8 Å². The number of hydrogen-bond acceptors (Lipinski definition) is 5. The number of methoxy groups -OCH3 is 1. The van der Waals surface area contributed by atoms with Crippen LogP contribution in [0.25, 0.3) is 0 Å². The van der Waals surface area contributed by atoms with E-state index in [4.69, 9.17) is 0 Å². The van der Waals surface area contributed by atoms with Gasteiger partial charge in [-0.1, -0.05) is 12.2 Å². The van der Waals surface area contributed by atoms with E-state index in [1.807, 2.05) is 0 Å². The second-order valence-corrected chi connectivity index (χ2v) is 3.88. The zero-order valence-corrected chi connectivity index (χ0v) is 11.2. The number of carbonyl (C=O) groups excluding carboxylic acids is 1. The smallest absolute Gasteiger partial charge is 0.337 e. The molecule has 0 aromatic carbocycles. The highest BCUT2D eigenvalue weighted by Crippen LogP contribution is 2.03. The van der Waals surface area contributed by atoms with Crippen molar-refractivity contribution in [2.24, 2.45) is 7.05 Å². The molecule has 1 aromatic rings. The molecule has 0 spiro atoms. The van der Waals surface area contributed by atoms with E-state index in [9.17, 15) is 19.2 Å². The minimum Gasteiger partial charge on any atom is -0.467 e. The first-order valence-corrected chi connectivity index (χ1v) is 5.64. The average molecular weight is 281 g/mol. The van der Waals surface area contributed by atoms with Crippen molar-refractivity contribution >= 4 is 5.97 Å². The molecule has 0 saturated carbocycles. The monoisotopic (exact) mass is 281 g/mol. The predicted octanol–water partition coefficient (Wildman–Crippen LogP) is -1.21. The van der Waals surface area contributed by atoms with Gasteiger partial charge < -0.3 is 4.74 Å². The fourth-order valence-electron chi connectivity index (χ4n) is 1.67. The molecule has 1 rings (SSSR count). The molecule has 1 aromatic heterocycles. The Kier molecular flexibility index (Phi) is 4.63. The van der Waals surface area contributed by atoms with Gasteiger partial charge in [0.1, 0.15) is 0 Å². The van der Waals surface area contributed by atoms with Crippen molar-refractivity contribution in [2.45, 2.75) is 12.6 Å². The van der Waals surface area contributed by atoms with Gasteiger partial charge in [-0.25, -0.2) is 32.9 Å². The number of carbonyl (C=O) groups is 1. The maximum Gasteiger partial charge on any atom is 0.337 e. The van der Waals surface area contributed by atoms with Crippen molar-refractivity contribution in [1.82, 2.24) is 13.7 Å². The fraction of sp³-hybridized carbons (Fsp3) is 0.333. The Morgan fingerprint density at radius 3 is 2.30 bits per heavy atom. The van der Waals surface area contributed by atoms with E-state index < -0.39 is 29.1 Å². The molecule has 0 amide bonds. The standard InChI is InChI=1S/C12H15N3O5/c1-5-7-14-10(17)13(3)11(18)15(12(14)19)8(6-2)9(16)20-4/h5-6,8H,1-2,7H2,3-4H3. The summed E-state index contributed by atoms with van der Waals surface area (Å²) < 4.78 is 6.64. The number of aromatic nitrogens is 3. The zero-order valence-electron chi connectivity index (χ0n) is 11.2. The van der Waals surface area contributed by atoms with Crippen LogP contribution >= 0.6 is 0 Å². The van der Waals surface area contributed by atoms with E-state index in [1.165, 1.54) is 13.1 Å². The van der Waals surface area contributed by atoms with Gasteiger partial charge in [-0.05, 0) is 0 Å². The second kappa shape index (κ2) is 6.00. The van der Waals surface area contributed by atoms with E-state index in [2.05, 4.69) is 17.9 Å². The Balaban J connectivity index is 3.80. The van der Waals surface area contributed by atoms with Gasteiger partial charge in [0.25, 0.3) is 0 Å². The second-order valence-electron chi connectivity index (χ2n) is 3.88. The first kappa shape index (κ1) is 15.4. The third kappa shape index (κ3) is 2.40. The molecule has 108 valence electrons. The first-order valence-electron chi connectivity index (χ1n) is 5.64. The number of hydrogen-bond donors (Lipinski definition) is 0. The summed E-state index contributed by atoms with van der Waals surface area (Å²) >= 11 is 0. The number of rotatable bonds is 5. The Hall–Kier alpha value is -2.64. The maximum absolute atomic E-state index is 12.2. The van der Waals surface area contributed by atoms with Gasteiger partial charge in [0.2, 0.25) is 0 Å². The van der Waals surface area contributed by atoms with Crippen LogP contribution in [0.5, 0.6) is 0 Å². The van der Waals surface area contributed by atoms with Crippen molar-refractivity contribution in [1.29, 1.82) is 0 Å². The lowest BCUT2D eigenvalue weighted by Gasteiger charge is -2.15. The summed E-state index contributed by atoms with van der Waals surface area (Å²) in [5, 5.41) is 0. The van der Waals surface area contributed by atoms with Gasteiger partial charge in [0, 0.05) is 7.05 Å². The summed E-state index contributed by atoms with van der Waals surface area (Å²) in [7, 11) is 2.33. The number of ether oxygens (including phenoxy) is 1. The van der Waals surface area contributed by atoms with Crippen LogP contribution in [0.3, 0.4) is 0 Å². The third-order valence-electron chi connectivity index (χ3n) is 2.70. The van der Waals surface area contributed by atoms with Crippen molar-refractivity contribution < 1.29 is 9.53 Å². The lowest BCUT2D eigenvalue weighted by Crippen LogP contribution is -2.55. The van der Waals surface area contributed by atoms with Crippen LogP contribution in [0.15, 0.2) is 39.7 Å². The number of nitrogens with zero attached hydrogens (tertiary/aromatic N) is 3. The van der Waals surface area contributed by atoms with E-state index >= 15 is 0 Å². The van der Waals surface area contributed by atoms with E-state index in [1.54, 1.807) is 0 Å². The summed E-state index contributed by atoms with van der Waals surface area (Å²) in [5.74, 6) is -0.831. The molecule has 8 nitrogen and oxygen atoms in total. The van der Waals surface area contributed by atoms with Gasteiger partial charge in [-0.3, -0.25) is 0 Å². The summed E-state index contributed by atoms with van der Waals surface area (Å²) in [5.41, 5.74) is -2.63. The normalized spacial score (nSPS) is 11.7. The average Bonchev–Trinajstić information content (AvgIpc) is 2.45. The van der Waals surface area contributed by atoms with Gasteiger partial charge in [0.15, 0.2) is 6.04 Å². The lowest BCUT2D eigenvalue weighted by atomic mass is 10.3. The Morgan fingerprint density at radius 1 is 1.25 bits per heavy atom. The number of esters is 1. The van der Waals surface area contributed by atoms with Crippen molar-refractivity contribution in [3.8, 4) is 0 Å². The zero-order chi connectivity index (χ0) is 15.4. The third-order valence-corrected chi connectivity index (χ3v) is 2.70. The molecular formula is C12H15N3O5. The van der Waals surface area contributed by atoms with Crippen molar-refractivity contribution in [2.75, 3.05) is 7.11 Å². The van der Waals surface area contributed by atoms with Gasteiger partial charge in [-0.15, -0.1) is 13.2 Å². The molecule has 0 aliphatic carbocycles. The molecule has 0 fully saturated rings. The Bertz CT molecular complexity index is 722. The molecule has 8 heteroatoms. The first-order chi connectivity index (χ1) is 9.40. The van der Waals surface area contributed by atoms with Gasteiger partial charge >= 0.3 is 23.0 Å². The van der Waals surface area contributed by atoms with Crippen molar-refractivity contribution in [3.63, 3.8) is 0 Å². The minimum absolute atomic E-state index is 0.0865. The van der Waals surface area contributed by atoms with Crippen LogP contribution in [0, 0.1) is 0 Å². The van der Waals surface area contributed by atoms with Gasteiger partial charge in [0.05, 0.1) is 13.7 Å². The summed E-state index contributed by atoms with van der Waals surface area (Å²) in [6, 6.07) is -1.30. The molecule has 1 atom stereocenters. The predicted molar refractivity (Wildman–Crippen MR) is 71.7 cm³/mol. The molecule has 20 heavy (non-hydrogen) atoms. The maximum atomic E-state index is 12.2. The fourth-order valence-corrected chi connectivity index (χ4v) is 1.67. The molecule has 1 heterocycles. The summed E-state index contributed by atoms with van der Waals surface area (Å²) in [6.07, 6.45) is 2.43. The Morgan fingerprint density at radius 2 is 1.85 bits per heavy atom. The van der Waals surface area contributed by atoms with Crippen LogP contribution < -0.4 is 17.1 Å². The van der Waals surface area contributed by atoms with Crippen LogP contribution in [0.2, 0.25) is 0 Å². The molecule has 0 aliphatic rings. The Labute approximate surface area is 113 Å². The van der Waals surface area contributed by atoms with Crippen LogP contribution in [0.1, 0.15) is 6.04 Å². The van der Waals surface area contributed by atoms with E-state index in [-0.39, 0.29) is 6.54 Å². The molecule has 0 bridgehead atoms. The molecule has 0 radical (unpaired) electrons. The highest BCUT2D eigenvalue weighted by atomic mass is 16.5. The lowest BCUT2D eigenvalue weighted by molar-refractivity contribution is -0.143. The molecule has 0 saturated heterocycles. The van der Waals surface area contributed by atoms with Crippen LogP contribution in [0.4, 0.5) is 0 Å². The van der Waals surface area contributed by atoms with Crippen LogP contribution in [-0.2, 0) is 23.1 Å². The largest absolute Gasteiger partial charge is 0.467 e. The SMILES string of the molecule is C=CCn1c(=O)n(C)c(=O)n(C(C=C)C(=O)OC)c1=O. The minimum atomic E-state index is -1.30. The number of allylic oxidation sites excluding steroid dienone is 1. The van der Waals surface area contributed by atoms with Gasteiger partial charge in [-0.2, -0.15) is 0 Å². The molecule has 0 N–H and O–H groups in total. The molecule has 0 aliphatic heterocycles.